The van der Waals surface area contributed by atoms with Crippen LogP contribution in [0.15, 0.2) is 23.0 Å². The van der Waals surface area contributed by atoms with Crippen molar-refractivity contribution in [2.75, 3.05) is 0 Å². The van der Waals surface area contributed by atoms with Gasteiger partial charge in [-0.1, -0.05) is 12.1 Å². The van der Waals surface area contributed by atoms with Crippen LogP contribution in [-0.4, -0.2) is 15.1 Å². The van der Waals surface area contributed by atoms with Gasteiger partial charge < -0.3 is 9.51 Å². The Morgan fingerprint density at radius 3 is 3.08 bits per heavy atom. The van der Waals surface area contributed by atoms with Crippen molar-refractivity contribution in [1.29, 1.82) is 0 Å². The second kappa shape index (κ2) is 2.81. The molecule has 0 aliphatic rings. The van der Waals surface area contributed by atoms with Crippen LogP contribution >= 0.6 is 0 Å². The molecule has 1 N–H and O–H groups in total. The molecule has 2 heterocycles. The number of aromatic amines is 1. The summed E-state index contributed by atoms with van der Waals surface area (Å²) < 4.78 is 5.02. The van der Waals surface area contributed by atoms with Gasteiger partial charge in [0.05, 0.1) is 5.56 Å². The van der Waals surface area contributed by atoms with E-state index in [1.165, 1.54) is 0 Å². The minimum absolute atomic E-state index is 0.577. The van der Waals surface area contributed by atoms with Gasteiger partial charge in [0, 0.05) is 18.8 Å². The lowest BCUT2D eigenvalue weighted by Gasteiger charge is -1.82. The molecule has 12 heavy (non-hydrogen) atoms. The first-order chi connectivity index (χ1) is 5.90. The summed E-state index contributed by atoms with van der Waals surface area (Å²) in [7, 11) is 0. The largest absolute Gasteiger partial charge is 0.367 e. The number of hydrogen-bond donors (Lipinski definition) is 1. The standard InChI is InChI=1S/C8H9N3O/c1-2-7-10-8(12-11-7)6-3-4-9-5-6/h3-5,9H,2H2,1H3. The van der Waals surface area contributed by atoms with E-state index in [4.69, 9.17) is 4.52 Å². The molecule has 0 aromatic carbocycles. The van der Waals surface area contributed by atoms with Gasteiger partial charge in [0.15, 0.2) is 5.82 Å². The van der Waals surface area contributed by atoms with Crippen LogP contribution in [0.25, 0.3) is 11.5 Å². The van der Waals surface area contributed by atoms with Crippen LogP contribution in [0.2, 0.25) is 0 Å². The molecule has 0 amide bonds. The Morgan fingerprint density at radius 1 is 1.58 bits per heavy atom. The lowest BCUT2D eigenvalue weighted by Crippen LogP contribution is -1.81. The molecular weight excluding hydrogens is 154 g/mol. The van der Waals surface area contributed by atoms with Gasteiger partial charge in [0.25, 0.3) is 5.89 Å². The Hall–Kier alpha value is -1.58. The van der Waals surface area contributed by atoms with E-state index in [-0.39, 0.29) is 0 Å². The molecule has 0 atom stereocenters. The van der Waals surface area contributed by atoms with Gasteiger partial charge in [0.1, 0.15) is 0 Å². The van der Waals surface area contributed by atoms with Crippen LogP contribution < -0.4 is 0 Å². The molecule has 4 heteroatoms. The zero-order valence-electron chi connectivity index (χ0n) is 6.74. The average molecular weight is 163 g/mol. The van der Waals surface area contributed by atoms with Crippen molar-refractivity contribution in [3.8, 4) is 11.5 Å². The number of hydrogen-bond acceptors (Lipinski definition) is 3. The summed E-state index contributed by atoms with van der Waals surface area (Å²) in [4.78, 5) is 7.10. The highest BCUT2D eigenvalue weighted by Crippen LogP contribution is 2.15. The summed E-state index contributed by atoms with van der Waals surface area (Å²) in [5.74, 6) is 1.32. The van der Waals surface area contributed by atoms with E-state index in [0.29, 0.717) is 5.89 Å². The van der Waals surface area contributed by atoms with Gasteiger partial charge in [-0.3, -0.25) is 0 Å². The minimum Gasteiger partial charge on any atom is -0.367 e. The zero-order valence-corrected chi connectivity index (χ0v) is 6.74. The molecule has 2 aromatic heterocycles. The second-order valence-corrected chi connectivity index (χ2v) is 2.47. The zero-order chi connectivity index (χ0) is 8.39. The Balaban J connectivity index is 2.35. The molecule has 2 aromatic rings. The maximum Gasteiger partial charge on any atom is 0.259 e. The minimum atomic E-state index is 0.577. The molecule has 0 aliphatic carbocycles. The predicted octanol–water partition coefficient (Wildman–Crippen LogP) is 1.63. The fourth-order valence-corrected chi connectivity index (χ4v) is 0.972. The lowest BCUT2D eigenvalue weighted by atomic mass is 10.3. The third-order valence-corrected chi connectivity index (χ3v) is 1.63. The smallest absolute Gasteiger partial charge is 0.259 e. The fourth-order valence-electron chi connectivity index (χ4n) is 0.972. The van der Waals surface area contributed by atoms with Crippen LogP contribution in [0, 0.1) is 0 Å². The summed E-state index contributed by atoms with van der Waals surface area (Å²) in [6.45, 7) is 1.99. The molecule has 0 saturated heterocycles. The Kier molecular flexibility index (Phi) is 1.66. The van der Waals surface area contributed by atoms with Crippen molar-refractivity contribution >= 4 is 0 Å². The maximum absolute atomic E-state index is 5.02. The number of nitrogens with zero attached hydrogens (tertiary/aromatic N) is 2. The van der Waals surface area contributed by atoms with E-state index in [2.05, 4.69) is 15.1 Å². The molecule has 62 valence electrons. The van der Waals surface area contributed by atoms with Crippen LogP contribution in [0.4, 0.5) is 0 Å². The highest BCUT2D eigenvalue weighted by Gasteiger charge is 2.06. The first kappa shape index (κ1) is 7.09. The highest BCUT2D eigenvalue weighted by molar-refractivity contribution is 5.50. The van der Waals surface area contributed by atoms with Crippen molar-refractivity contribution < 1.29 is 4.52 Å². The molecule has 0 radical (unpaired) electrons. The van der Waals surface area contributed by atoms with Crippen LogP contribution in [0.3, 0.4) is 0 Å². The summed E-state index contributed by atoms with van der Waals surface area (Å²) in [6.07, 6.45) is 4.45. The van der Waals surface area contributed by atoms with Crippen molar-refractivity contribution in [3.05, 3.63) is 24.3 Å². The van der Waals surface area contributed by atoms with Crippen molar-refractivity contribution in [3.63, 3.8) is 0 Å². The van der Waals surface area contributed by atoms with Crippen molar-refractivity contribution in [1.82, 2.24) is 15.1 Å². The topological polar surface area (TPSA) is 54.7 Å². The average Bonchev–Trinajstić information content (AvgIpc) is 2.75. The molecule has 2 rings (SSSR count). The van der Waals surface area contributed by atoms with Crippen LogP contribution in [-0.2, 0) is 6.42 Å². The number of aromatic nitrogens is 3. The first-order valence-corrected chi connectivity index (χ1v) is 3.86. The molecule has 0 saturated carbocycles. The van der Waals surface area contributed by atoms with Gasteiger partial charge in [-0.15, -0.1) is 0 Å². The van der Waals surface area contributed by atoms with E-state index in [1.54, 1.807) is 0 Å². The monoisotopic (exact) mass is 163 g/mol. The molecular formula is C8H9N3O. The third-order valence-electron chi connectivity index (χ3n) is 1.63. The van der Waals surface area contributed by atoms with E-state index in [1.807, 2.05) is 25.4 Å². The van der Waals surface area contributed by atoms with Gasteiger partial charge >= 0.3 is 0 Å². The maximum atomic E-state index is 5.02. The number of rotatable bonds is 2. The molecule has 0 unspecified atom stereocenters. The normalized spacial score (nSPS) is 10.4. The number of aryl methyl sites for hydroxylation is 1. The van der Waals surface area contributed by atoms with E-state index < -0.39 is 0 Å². The van der Waals surface area contributed by atoms with Gasteiger partial charge in [-0.25, -0.2) is 0 Å². The van der Waals surface area contributed by atoms with E-state index in [9.17, 15) is 0 Å². The summed E-state index contributed by atoms with van der Waals surface area (Å²) >= 11 is 0. The Morgan fingerprint density at radius 2 is 2.50 bits per heavy atom. The van der Waals surface area contributed by atoms with E-state index in [0.717, 1.165) is 17.8 Å². The highest BCUT2D eigenvalue weighted by atomic mass is 16.5. The van der Waals surface area contributed by atoms with Crippen LogP contribution in [0.1, 0.15) is 12.7 Å². The molecule has 4 nitrogen and oxygen atoms in total. The summed E-state index contributed by atoms with van der Waals surface area (Å²) in [5, 5.41) is 3.79. The van der Waals surface area contributed by atoms with Gasteiger partial charge in [-0.05, 0) is 6.07 Å². The molecule has 0 spiro atoms. The molecule has 0 fully saturated rings. The van der Waals surface area contributed by atoms with E-state index >= 15 is 0 Å². The van der Waals surface area contributed by atoms with Crippen molar-refractivity contribution in [2.45, 2.75) is 13.3 Å². The van der Waals surface area contributed by atoms with Gasteiger partial charge in [0.2, 0.25) is 0 Å². The summed E-state index contributed by atoms with van der Waals surface area (Å²) in [5.41, 5.74) is 0.933. The summed E-state index contributed by atoms with van der Waals surface area (Å²) in [6, 6.07) is 1.90. The predicted molar refractivity (Wildman–Crippen MR) is 43.5 cm³/mol. The third kappa shape index (κ3) is 1.11. The SMILES string of the molecule is CCc1noc(-c2cc[nH]c2)n1. The van der Waals surface area contributed by atoms with Gasteiger partial charge in [-0.2, -0.15) is 4.98 Å². The second-order valence-electron chi connectivity index (χ2n) is 2.47. The number of H-pyrrole nitrogens is 1. The molecule has 0 bridgehead atoms. The van der Waals surface area contributed by atoms with Crippen molar-refractivity contribution in [2.24, 2.45) is 0 Å². The molecule has 0 aliphatic heterocycles. The fraction of sp³-hybridized carbons (Fsp3) is 0.250. The Labute approximate surface area is 69.6 Å². The Bertz CT molecular complexity index is 350. The quantitative estimate of drug-likeness (QED) is 0.732. The van der Waals surface area contributed by atoms with Crippen LogP contribution in [0.5, 0.6) is 0 Å². The number of nitrogens with one attached hydrogen (secondary N) is 1. The lowest BCUT2D eigenvalue weighted by molar-refractivity contribution is 0.423. The first-order valence-electron chi connectivity index (χ1n) is 3.86.